The third-order valence-corrected chi connectivity index (χ3v) is 4.32. The first kappa shape index (κ1) is 18.8. The quantitative estimate of drug-likeness (QED) is 0.668. The molecule has 0 saturated carbocycles. The maximum absolute atomic E-state index is 5.43. The molecule has 2 aromatic carbocycles. The zero-order chi connectivity index (χ0) is 19.4. The molecule has 0 spiro atoms. The van der Waals surface area contributed by atoms with Gasteiger partial charge in [-0.2, -0.15) is 0 Å². The lowest BCUT2D eigenvalue weighted by Crippen LogP contribution is -2.07. The average Bonchev–Trinajstić information content (AvgIpc) is 2.70. The van der Waals surface area contributed by atoms with Crippen LogP contribution in [0.4, 0.5) is 5.82 Å². The second-order valence-electron chi connectivity index (χ2n) is 6.49. The van der Waals surface area contributed by atoms with Crippen molar-refractivity contribution in [2.24, 2.45) is 0 Å². The van der Waals surface area contributed by atoms with Crippen molar-refractivity contribution in [3.8, 4) is 17.2 Å². The molecule has 0 bridgehead atoms. The molecule has 0 aliphatic carbocycles. The van der Waals surface area contributed by atoms with Gasteiger partial charge in [0.05, 0.1) is 26.8 Å². The van der Waals surface area contributed by atoms with E-state index in [-0.39, 0.29) is 5.92 Å². The molecule has 1 heterocycles. The summed E-state index contributed by atoms with van der Waals surface area (Å²) < 4.78 is 16.3. The molecule has 6 nitrogen and oxygen atoms in total. The first-order valence-corrected chi connectivity index (χ1v) is 8.86. The van der Waals surface area contributed by atoms with Crippen molar-refractivity contribution in [2.45, 2.75) is 26.3 Å². The van der Waals surface area contributed by atoms with Gasteiger partial charge in [0.15, 0.2) is 11.5 Å². The van der Waals surface area contributed by atoms with E-state index in [1.165, 1.54) is 0 Å². The Labute approximate surface area is 159 Å². The van der Waals surface area contributed by atoms with Crippen LogP contribution in [0.1, 0.15) is 31.2 Å². The van der Waals surface area contributed by atoms with Crippen molar-refractivity contribution in [1.29, 1.82) is 0 Å². The van der Waals surface area contributed by atoms with E-state index in [4.69, 9.17) is 19.2 Å². The first-order chi connectivity index (χ1) is 13.1. The predicted molar refractivity (Wildman–Crippen MR) is 107 cm³/mol. The highest BCUT2D eigenvalue weighted by Gasteiger charge is 2.14. The summed E-state index contributed by atoms with van der Waals surface area (Å²) >= 11 is 0. The number of aromatic nitrogens is 2. The van der Waals surface area contributed by atoms with Crippen molar-refractivity contribution >= 4 is 16.7 Å². The monoisotopic (exact) mass is 367 g/mol. The third-order valence-electron chi connectivity index (χ3n) is 4.32. The maximum atomic E-state index is 5.43. The number of anilines is 1. The molecule has 0 radical (unpaired) electrons. The molecule has 1 aromatic heterocycles. The fourth-order valence-electron chi connectivity index (χ4n) is 2.91. The van der Waals surface area contributed by atoms with Gasteiger partial charge in [-0.25, -0.2) is 9.97 Å². The van der Waals surface area contributed by atoms with E-state index in [0.717, 1.165) is 28.1 Å². The number of rotatable bonds is 7. The number of ether oxygens (including phenoxy) is 3. The fraction of sp³-hybridized carbons (Fsp3) is 0.333. The van der Waals surface area contributed by atoms with Crippen LogP contribution >= 0.6 is 0 Å². The van der Waals surface area contributed by atoms with E-state index in [1.807, 2.05) is 36.4 Å². The summed E-state index contributed by atoms with van der Waals surface area (Å²) in [5, 5.41) is 4.43. The summed E-state index contributed by atoms with van der Waals surface area (Å²) in [4.78, 5) is 9.39. The minimum Gasteiger partial charge on any atom is -0.493 e. The molecule has 3 rings (SSSR count). The Morgan fingerprint density at radius 2 is 1.59 bits per heavy atom. The van der Waals surface area contributed by atoms with Crippen molar-refractivity contribution in [3.05, 3.63) is 47.8 Å². The topological polar surface area (TPSA) is 65.5 Å². The molecule has 0 fully saturated rings. The lowest BCUT2D eigenvalue weighted by molar-refractivity contribution is 0.324. The van der Waals surface area contributed by atoms with Crippen LogP contribution in [0.3, 0.4) is 0 Å². The number of nitrogens with zero attached hydrogens (tertiary/aromatic N) is 2. The largest absolute Gasteiger partial charge is 0.493 e. The third kappa shape index (κ3) is 3.89. The van der Waals surface area contributed by atoms with Crippen LogP contribution in [0.2, 0.25) is 0 Å². The van der Waals surface area contributed by atoms with Crippen LogP contribution in [-0.4, -0.2) is 31.3 Å². The minimum atomic E-state index is 0.247. The van der Waals surface area contributed by atoms with Gasteiger partial charge in [-0.3, -0.25) is 0 Å². The molecule has 0 aliphatic heterocycles. The van der Waals surface area contributed by atoms with Gasteiger partial charge in [0.25, 0.3) is 0 Å². The van der Waals surface area contributed by atoms with Gasteiger partial charge >= 0.3 is 0 Å². The second-order valence-corrected chi connectivity index (χ2v) is 6.49. The molecule has 27 heavy (non-hydrogen) atoms. The van der Waals surface area contributed by atoms with E-state index in [2.05, 4.69) is 24.1 Å². The predicted octanol–water partition coefficient (Wildman–Crippen LogP) is 4.39. The van der Waals surface area contributed by atoms with Gasteiger partial charge in [0.2, 0.25) is 5.75 Å². The van der Waals surface area contributed by atoms with Crippen LogP contribution in [-0.2, 0) is 6.54 Å². The van der Waals surface area contributed by atoms with Gasteiger partial charge in [0.1, 0.15) is 11.6 Å². The summed E-state index contributed by atoms with van der Waals surface area (Å²) in [6.07, 6.45) is 0. The highest BCUT2D eigenvalue weighted by molar-refractivity contribution is 5.89. The fourth-order valence-corrected chi connectivity index (χ4v) is 2.91. The molecule has 0 unspecified atom stereocenters. The van der Waals surface area contributed by atoms with Crippen LogP contribution in [0.15, 0.2) is 36.4 Å². The molecular weight excluding hydrogens is 342 g/mol. The maximum Gasteiger partial charge on any atom is 0.203 e. The SMILES string of the molecule is COc1cc(CNc2nc(C(C)C)nc3ccccc23)cc(OC)c1OC. The minimum absolute atomic E-state index is 0.247. The Morgan fingerprint density at radius 1 is 0.926 bits per heavy atom. The van der Waals surface area contributed by atoms with Crippen LogP contribution in [0, 0.1) is 0 Å². The Hall–Kier alpha value is -3.02. The summed E-state index contributed by atoms with van der Waals surface area (Å²) in [6, 6.07) is 11.9. The second kappa shape index (κ2) is 8.12. The standard InChI is InChI=1S/C21H25N3O3/c1-13(2)20-23-16-9-7-6-8-15(16)21(24-20)22-12-14-10-17(25-3)19(27-5)18(11-14)26-4/h6-11,13H,12H2,1-5H3,(H,22,23,24). The molecule has 0 atom stereocenters. The van der Waals surface area contributed by atoms with E-state index in [0.29, 0.717) is 23.8 Å². The Morgan fingerprint density at radius 3 is 2.19 bits per heavy atom. The van der Waals surface area contributed by atoms with E-state index in [1.54, 1.807) is 21.3 Å². The Kier molecular flexibility index (Phi) is 5.64. The van der Waals surface area contributed by atoms with Crippen molar-refractivity contribution in [3.63, 3.8) is 0 Å². The number of fused-ring (bicyclic) bond motifs is 1. The Balaban J connectivity index is 1.95. The number of hydrogen-bond donors (Lipinski definition) is 1. The highest BCUT2D eigenvalue weighted by atomic mass is 16.5. The van der Waals surface area contributed by atoms with Gasteiger partial charge in [-0.05, 0) is 29.8 Å². The zero-order valence-electron chi connectivity index (χ0n) is 16.4. The summed E-state index contributed by atoms with van der Waals surface area (Å²) in [6.45, 7) is 4.75. The smallest absolute Gasteiger partial charge is 0.203 e. The zero-order valence-corrected chi connectivity index (χ0v) is 16.4. The summed E-state index contributed by atoms with van der Waals surface area (Å²) in [7, 11) is 4.82. The number of nitrogens with one attached hydrogen (secondary N) is 1. The molecule has 0 saturated heterocycles. The van der Waals surface area contributed by atoms with Crippen LogP contribution in [0.5, 0.6) is 17.2 Å². The lowest BCUT2D eigenvalue weighted by Gasteiger charge is -2.16. The molecule has 0 aliphatic rings. The van der Waals surface area contributed by atoms with E-state index >= 15 is 0 Å². The van der Waals surface area contributed by atoms with Crippen LogP contribution in [0.25, 0.3) is 10.9 Å². The molecule has 6 heteroatoms. The Bertz CT molecular complexity index is 916. The normalized spacial score (nSPS) is 10.9. The van der Waals surface area contributed by atoms with Gasteiger partial charge in [-0.1, -0.05) is 26.0 Å². The molecule has 3 aromatic rings. The van der Waals surface area contributed by atoms with E-state index in [9.17, 15) is 0 Å². The van der Waals surface area contributed by atoms with Crippen molar-refractivity contribution < 1.29 is 14.2 Å². The van der Waals surface area contributed by atoms with Gasteiger partial charge in [0, 0.05) is 17.8 Å². The van der Waals surface area contributed by atoms with Gasteiger partial charge < -0.3 is 19.5 Å². The molecule has 1 N–H and O–H groups in total. The molecule has 0 amide bonds. The molecular formula is C21H25N3O3. The number of benzene rings is 2. The first-order valence-electron chi connectivity index (χ1n) is 8.86. The van der Waals surface area contributed by atoms with Gasteiger partial charge in [-0.15, -0.1) is 0 Å². The summed E-state index contributed by atoms with van der Waals surface area (Å²) in [5.74, 6) is 3.72. The highest BCUT2D eigenvalue weighted by Crippen LogP contribution is 2.38. The number of hydrogen-bond acceptors (Lipinski definition) is 6. The van der Waals surface area contributed by atoms with E-state index < -0.39 is 0 Å². The van der Waals surface area contributed by atoms with Crippen LogP contribution < -0.4 is 19.5 Å². The number of methoxy groups -OCH3 is 3. The number of para-hydroxylation sites is 1. The molecule has 142 valence electrons. The summed E-state index contributed by atoms with van der Waals surface area (Å²) in [5.41, 5.74) is 1.93. The lowest BCUT2D eigenvalue weighted by atomic mass is 10.1. The van der Waals surface area contributed by atoms with Crippen molar-refractivity contribution in [1.82, 2.24) is 9.97 Å². The van der Waals surface area contributed by atoms with Crippen molar-refractivity contribution in [2.75, 3.05) is 26.6 Å². The average molecular weight is 367 g/mol.